The smallest absolute Gasteiger partial charge is 0.151 e. The summed E-state index contributed by atoms with van der Waals surface area (Å²) in [7, 11) is 0. The van der Waals surface area contributed by atoms with Crippen LogP contribution in [-0.2, 0) is 13.0 Å². The van der Waals surface area contributed by atoms with Gasteiger partial charge in [-0.25, -0.2) is 9.97 Å². The summed E-state index contributed by atoms with van der Waals surface area (Å²) in [4.78, 5) is 8.93. The van der Waals surface area contributed by atoms with E-state index in [4.69, 9.17) is 10.7 Å². The lowest BCUT2D eigenvalue weighted by Gasteiger charge is -2.09. The number of hydrogen-bond donors (Lipinski definition) is 1. The Morgan fingerprint density at radius 1 is 1.18 bits per heavy atom. The first-order valence-electron chi connectivity index (χ1n) is 8.36. The van der Waals surface area contributed by atoms with Gasteiger partial charge in [-0.05, 0) is 43.3 Å². The quantitative estimate of drug-likeness (QED) is 0.704. The number of imidazole rings is 1. The monoisotopic (exact) mass is 320 g/mol. The van der Waals surface area contributed by atoms with Gasteiger partial charge >= 0.3 is 0 Å². The summed E-state index contributed by atoms with van der Waals surface area (Å²) in [6.45, 7) is 7.52. The van der Waals surface area contributed by atoms with Gasteiger partial charge in [0.25, 0.3) is 0 Å². The fourth-order valence-electron chi connectivity index (χ4n) is 2.70. The second-order valence-electron chi connectivity index (χ2n) is 5.73. The van der Waals surface area contributed by atoms with E-state index in [-0.39, 0.29) is 0 Å². The standard InChI is InChI=1S/C17H28N4S/c1-4-6-10-22-11-8-7-9-21-14(5-2)20-15-16(21)13(3)12-19-17(15)18/h12H,4-11H2,1-3H3,(H2,18,19). The summed E-state index contributed by atoms with van der Waals surface area (Å²) in [6, 6.07) is 0. The van der Waals surface area contributed by atoms with Gasteiger partial charge in [0.2, 0.25) is 0 Å². The van der Waals surface area contributed by atoms with Crippen molar-refractivity contribution in [3.05, 3.63) is 17.6 Å². The minimum absolute atomic E-state index is 0.546. The number of rotatable bonds is 9. The molecule has 22 heavy (non-hydrogen) atoms. The van der Waals surface area contributed by atoms with Crippen LogP contribution in [0.25, 0.3) is 11.0 Å². The van der Waals surface area contributed by atoms with Crippen LogP contribution in [0, 0.1) is 6.92 Å². The number of aryl methyl sites for hydroxylation is 3. The molecule has 0 aliphatic heterocycles. The largest absolute Gasteiger partial charge is 0.382 e. The predicted octanol–water partition coefficient (Wildman–Crippen LogP) is 4.20. The van der Waals surface area contributed by atoms with Crippen LogP contribution in [0.4, 0.5) is 5.82 Å². The average molecular weight is 321 g/mol. The van der Waals surface area contributed by atoms with Crippen LogP contribution in [0.2, 0.25) is 0 Å². The van der Waals surface area contributed by atoms with E-state index in [1.165, 1.54) is 42.7 Å². The Labute approximate surface area is 137 Å². The van der Waals surface area contributed by atoms with Crippen LogP contribution in [0.15, 0.2) is 6.20 Å². The highest BCUT2D eigenvalue weighted by molar-refractivity contribution is 7.99. The van der Waals surface area contributed by atoms with E-state index in [0.717, 1.165) is 29.9 Å². The van der Waals surface area contributed by atoms with Crippen molar-refractivity contribution in [1.29, 1.82) is 0 Å². The van der Waals surface area contributed by atoms with Crippen molar-refractivity contribution in [3.63, 3.8) is 0 Å². The van der Waals surface area contributed by atoms with E-state index >= 15 is 0 Å². The molecule has 4 nitrogen and oxygen atoms in total. The molecule has 2 aromatic rings. The third kappa shape index (κ3) is 3.94. The fourth-order valence-corrected chi connectivity index (χ4v) is 3.80. The van der Waals surface area contributed by atoms with Crippen molar-refractivity contribution in [2.45, 2.75) is 59.4 Å². The van der Waals surface area contributed by atoms with Crippen molar-refractivity contribution in [2.24, 2.45) is 0 Å². The van der Waals surface area contributed by atoms with Crippen molar-refractivity contribution < 1.29 is 0 Å². The van der Waals surface area contributed by atoms with Gasteiger partial charge < -0.3 is 10.3 Å². The second-order valence-corrected chi connectivity index (χ2v) is 6.95. The maximum Gasteiger partial charge on any atom is 0.151 e. The number of pyridine rings is 1. The molecule has 0 fully saturated rings. The van der Waals surface area contributed by atoms with E-state index in [2.05, 4.69) is 42.1 Å². The lowest BCUT2D eigenvalue weighted by atomic mass is 10.2. The Kier molecular flexibility index (Phi) is 6.55. The van der Waals surface area contributed by atoms with Crippen molar-refractivity contribution in [1.82, 2.24) is 14.5 Å². The number of nitrogen functional groups attached to an aromatic ring is 1. The molecule has 0 saturated heterocycles. The number of fused-ring (bicyclic) bond motifs is 1. The molecule has 2 aromatic heterocycles. The normalized spacial score (nSPS) is 11.4. The number of thioether (sulfide) groups is 1. The summed E-state index contributed by atoms with van der Waals surface area (Å²) in [5.41, 5.74) is 9.19. The number of nitrogens with two attached hydrogens (primary N) is 1. The van der Waals surface area contributed by atoms with Gasteiger partial charge in [0, 0.05) is 19.2 Å². The number of hydrogen-bond acceptors (Lipinski definition) is 4. The van der Waals surface area contributed by atoms with Gasteiger partial charge in [0.1, 0.15) is 11.3 Å². The minimum atomic E-state index is 0.546. The SMILES string of the molecule is CCCCSCCCCn1c(CC)nc2c(N)ncc(C)c21. The number of nitrogens with zero attached hydrogens (tertiary/aromatic N) is 3. The van der Waals surface area contributed by atoms with Crippen LogP contribution < -0.4 is 5.73 Å². The van der Waals surface area contributed by atoms with Gasteiger partial charge in [-0.1, -0.05) is 20.3 Å². The molecule has 0 amide bonds. The Hall–Kier alpha value is -1.23. The summed E-state index contributed by atoms with van der Waals surface area (Å²) >= 11 is 2.08. The Morgan fingerprint density at radius 3 is 2.68 bits per heavy atom. The molecule has 0 aliphatic carbocycles. The third-order valence-corrected chi connectivity index (χ3v) is 5.09. The van der Waals surface area contributed by atoms with Crippen LogP contribution in [0.1, 0.15) is 50.9 Å². The van der Waals surface area contributed by atoms with Crippen LogP contribution in [0.3, 0.4) is 0 Å². The maximum atomic E-state index is 5.99. The van der Waals surface area contributed by atoms with E-state index in [9.17, 15) is 0 Å². The Bertz CT molecular complexity index is 606. The summed E-state index contributed by atoms with van der Waals surface area (Å²) in [5.74, 6) is 4.23. The lowest BCUT2D eigenvalue weighted by Crippen LogP contribution is -2.04. The highest BCUT2D eigenvalue weighted by atomic mass is 32.2. The lowest BCUT2D eigenvalue weighted by molar-refractivity contribution is 0.621. The average Bonchev–Trinajstić information content (AvgIpc) is 2.90. The number of aromatic nitrogens is 3. The molecule has 0 atom stereocenters. The minimum Gasteiger partial charge on any atom is -0.382 e. The zero-order valence-electron chi connectivity index (χ0n) is 14.1. The molecule has 2 N–H and O–H groups in total. The fraction of sp³-hybridized carbons (Fsp3) is 0.647. The molecule has 2 heterocycles. The molecule has 0 bridgehead atoms. The van der Waals surface area contributed by atoms with E-state index in [1.54, 1.807) is 0 Å². The van der Waals surface area contributed by atoms with Crippen LogP contribution in [0.5, 0.6) is 0 Å². The molecular formula is C17H28N4S. The highest BCUT2D eigenvalue weighted by Gasteiger charge is 2.14. The number of anilines is 1. The molecule has 0 aromatic carbocycles. The molecule has 2 rings (SSSR count). The van der Waals surface area contributed by atoms with Gasteiger partial charge in [0.15, 0.2) is 5.82 Å². The molecule has 5 heteroatoms. The Balaban J connectivity index is 2.02. The number of unbranched alkanes of at least 4 members (excludes halogenated alkanes) is 2. The van der Waals surface area contributed by atoms with Crippen molar-refractivity contribution in [3.8, 4) is 0 Å². The zero-order valence-corrected chi connectivity index (χ0v) is 14.9. The van der Waals surface area contributed by atoms with Gasteiger partial charge in [-0.3, -0.25) is 0 Å². The molecule has 0 spiro atoms. The van der Waals surface area contributed by atoms with E-state index in [1.807, 2.05) is 6.20 Å². The third-order valence-electron chi connectivity index (χ3n) is 3.94. The van der Waals surface area contributed by atoms with Crippen LogP contribution in [-0.4, -0.2) is 26.0 Å². The van der Waals surface area contributed by atoms with Gasteiger partial charge in [0.05, 0.1) is 5.52 Å². The molecule has 0 saturated carbocycles. The zero-order chi connectivity index (χ0) is 15.9. The first kappa shape index (κ1) is 17.1. The summed E-state index contributed by atoms with van der Waals surface area (Å²) < 4.78 is 2.35. The summed E-state index contributed by atoms with van der Waals surface area (Å²) in [6.07, 6.45) is 7.87. The first-order valence-corrected chi connectivity index (χ1v) is 9.52. The maximum absolute atomic E-state index is 5.99. The summed E-state index contributed by atoms with van der Waals surface area (Å²) in [5, 5.41) is 0. The van der Waals surface area contributed by atoms with Crippen molar-refractivity contribution in [2.75, 3.05) is 17.2 Å². The van der Waals surface area contributed by atoms with Crippen molar-refractivity contribution >= 4 is 28.6 Å². The molecule has 0 aliphatic rings. The van der Waals surface area contributed by atoms with Gasteiger partial charge in [-0.15, -0.1) is 0 Å². The highest BCUT2D eigenvalue weighted by Crippen LogP contribution is 2.24. The Morgan fingerprint density at radius 2 is 1.95 bits per heavy atom. The molecule has 122 valence electrons. The topological polar surface area (TPSA) is 56.7 Å². The second kappa shape index (κ2) is 8.42. The van der Waals surface area contributed by atoms with Crippen LogP contribution >= 0.6 is 11.8 Å². The van der Waals surface area contributed by atoms with E-state index in [0.29, 0.717) is 5.82 Å². The molecule has 0 radical (unpaired) electrons. The first-order chi connectivity index (χ1) is 10.7. The predicted molar refractivity (Wildman–Crippen MR) is 97.5 cm³/mol. The van der Waals surface area contributed by atoms with Gasteiger partial charge in [-0.2, -0.15) is 11.8 Å². The molecular weight excluding hydrogens is 292 g/mol. The van der Waals surface area contributed by atoms with E-state index < -0.39 is 0 Å². The molecule has 0 unspecified atom stereocenters.